The Morgan fingerprint density at radius 3 is 2.92 bits per heavy atom. The minimum Gasteiger partial charge on any atom is -0.339 e. The van der Waals surface area contributed by atoms with Gasteiger partial charge in [-0.1, -0.05) is 12.1 Å². The average Bonchev–Trinajstić information content (AvgIpc) is 3.02. The lowest BCUT2D eigenvalue weighted by atomic mass is 10.0. The number of nitrogens with one attached hydrogen (secondary N) is 1. The second-order valence-corrected chi connectivity index (χ2v) is 6.93. The van der Waals surface area contributed by atoms with Gasteiger partial charge < -0.3 is 9.88 Å². The zero-order chi connectivity index (χ0) is 18.7. The number of rotatable bonds is 5. The normalized spacial score (nSPS) is 16.9. The first kappa shape index (κ1) is 18.3. The van der Waals surface area contributed by atoms with E-state index in [-0.39, 0.29) is 29.7 Å². The number of carbonyl (C=O) groups excluding carboxylic acids is 1. The molecule has 1 aliphatic rings. The SMILES string of the molecule is Cc1nc(C)c(CCC(=O)N2CCCC2Cc2cccc(F)c2)c(=O)[nH]1. The van der Waals surface area contributed by atoms with Gasteiger partial charge in [-0.25, -0.2) is 9.37 Å². The number of aromatic amines is 1. The molecule has 5 nitrogen and oxygen atoms in total. The number of aryl methyl sites for hydroxylation is 2. The molecule has 3 rings (SSSR count). The van der Waals surface area contributed by atoms with Crippen LogP contribution < -0.4 is 5.56 Å². The van der Waals surface area contributed by atoms with Crippen LogP contribution in [0.5, 0.6) is 0 Å². The molecule has 0 spiro atoms. The highest BCUT2D eigenvalue weighted by Gasteiger charge is 2.28. The third-order valence-electron chi connectivity index (χ3n) is 4.99. The summed E-state index contributed by atoms with van der Waals surface area (Å²) in [7, 11) is 0. The highest BCUT2D eigenvalue weighted by Crippen LogP contribution is 2.23. The molecule has 2 aromatic rings. The molecule has 1 unspecified atom stereocenters. The molecular weight excluding hydrogens is 333 g/mol. The minimum atomic E-state index is -0.250. The van der Waals surface area contributed by atoms with Crippen LogP contribution in [0, 0.1) is 19.7 Å². The van der Waals surface area contributed by atoms with Gasteiger partial charge in [0.25, 0.3) is 5.56 Å². The van der Waals surface area contributed by atoms with Crippen LogP contribution in [-0.4, -0.2) is 33.4 Å². The van der Waals surface area contributed by atoms with Crippen molar-refractivity contribution in [1.82, 2.24) is 14.9 Å². The first-order valence-electron chi connectivity index (χ1n) is 9.04. The van der Waals surface area contributed by atoms with E-state index in [4.69, 9.17) is 0 Å². The maximum Gasteiger partial charge on any atom is 0.254 e. The standard InChI is InChI=1S/C20H24FN3O2/c1-13-18(20(26)23-14(2)22-13)8-9-19(25)24-10-4-7-17(24)12-15-5-3-6-16(21)11-15/h3,5-6,11,17H,4,7-10,12H2,1-2H3,(H,22,23,26). The highest BCUT2D eigenvalue weighted by atomic mass is 19.1. The van der Waals surface area contributed by atoms with Crippen molar-refractivity contribution in [3.63, 3.8) is 0 Å². The van der Waals surface area contributed by atoms with E-state index in [2.05, 4.69) is 9.97 Å². The summed E-state index contributed by atoms with van der Waals surface area (Å²) in [6.45, 7) is 4.26. The Labute approximate surface area is 152 Å². The number of halogens is 1. The molecule has 0 radical (unpaired) electrons. The Hall–Kier alpha value is -2.50. The van der Waals surface area contributed by atoms with Crippen LogP contribution in [0.3, 0.4) is 0 Å². The van der Waals surface area contributed by atoms with E-state index in [1.807, 2.05) is 11.0 Å². The van der Waals surface area contributed by atoms with E-state index < -0.39 is 0 Å². The maximum atomic E-state index is 13.4. The average molecular weight is 357 g/mol. The van der Waals surface area contributed by atoms with Crippen LogP contribution in [0.4, 0.5) is 4.39 Å². The fourth-order valence-electron chi connectivity index (χ4n) is 3.73. The van der Waals surface area contributed by atoms with E-state index in [0.29, 0.717) is 29.9 Å². The zero-order valence-electron chi connectivity index (χ0n) is 15.2. The van der Waals surface area contributed by atoms with Gasteiger partial charge in [-0.15, -0.1) is 0 Å². The van der Waals surface area contributed by atoms with Gasteiger partial charge in [-0.2, -0.15) is 0 Å². The van der Waals surface area contributed by atoms with Gasteiger partial charge in [0.2, 0.25) is 5.91 Å². The fraction of sp³-hybridized carbons (Fsp3) is 0.450. The van der Waals surface area contributed by atoms with Gasteiger partial charge in [-0.05, 0) is 57.2 Å². The fourth-order valence-corrected chi connectivity index (χ4v) is 3.73. The summed E-state index contributed by atoms with van der Waals surface area (Å²) < 4.78 is 13.4. The van der Waals surface area contributed by atoms with Crippen LogP contribution in [0.1, 0.15) is 41.9 Å². The number of H-pyrrole nitrogens is 1. The largest absolute Gasteiger partial charge is 0.339 e. The van der Waals surface area contributed by atoms with Crippen molar-refractivity contribution in [3.05, 3.63) is 63.1 Å². The summed E-state index contributed by atoms with van der Waals surface area (Å²) in [6.07, 6.45) is 3.21. The summed E-state index contributed by atoms with van der Waals surface area (Å²) in [5, 5.41) is 0. The Morgan fingerprint density at radius 2 is 2.19 bits per heavy atom. The van der Waals surface area contributed by atoms with Gasteiger partial charge in [-0.3, -0.25) is 9.59 Å². The van der Waals surface area contributed by atoms with Crippen LogP contribution in [0.15, 0.2) is 29.1 Å². The van der Waals surface area contributed by atoms with Crippen molar-refractivity contribution in [2.75, 3.05) is 6.54 Å². The van der Waals surface area contributed by atoms with E-state index in [1.54, 1.807) is 19.9 Å². The summed E-state index contributed by atoms with van der Waals surface area (Å²) in [5.74, 6) is 0.375. The van der Waals surface area contributed by atoms with Crippen LogP contribution in [0.25, 0.3) is 0 Å². The van der Waals surface area contributed by atoms with Gasteiger partial charge >= 0.3 is 0 Å². The summed E-state index contributed by atoms with van der Waals surface area (Å²) in [4.78, 5) is 33.6. The first-order valence-corrected chi connectivity index (χ1v) is 9.04. The predicted octanol–water partition coefficient (Wildman–Crippen LogP) is 2.69. The van der Waals surface area contributed by atoms with Crippen LogP contribution >= 0.6 is 0 Å². The number of nitrogens with zero attached hydrogens (tertiary/aromatic N) is 2. The van der Waals surface area contributed by atoms with E-state index in [0.717, 1.165) is 24.9 Å². The lowest BCUT2D eigenvalue weighted by Crippen LogP contribution is -2.37. The third-order valence-corrected chi connectivity index (χ3v) is 4.99. The molecule has 1 N–H and O–H groups in total. The summed E-state index contributed by atoms with van der Waals surface area (Å²) >= 11 is 0. The van der Waals surface area contributed by atoms with Gasteiger partial charge in [0.15, 0.2) is 0 Å². The van der Waals surface area contributed by atoms with Gasteiger partial charge in [0, 0.05) is 30.3 Å². The third kappa shape index (κ3) is 4.18. The van der Waals surface area contributed by atoms with Gasteiger partial charge in [0.1, 0.15) is 11.6 Å². The van der Waals surface area contributed by atoms with Crippen molar-refractivity contribution in [2.24, 2.45) is 0 Å². The smallest absolute Gasteiger partial charge is 0.254 e. The topological polar surface area (TPSA) is 66.1 Å². The van der Waals surface area contributed by atoms with E-state index in [1.165, 1.54) is 12.1 Å². The van der Waals surface area contributed by atoms with Gasteiger partial charge in [0.05, 0.1) is 0 Å². The van der Waals surface area contributed by atoms with Crippen molar-refractivity contribution >= 4 is 5.91 Å². The Kier molecular flexibility index (Phi) is 5.49. The van der Waals surface area contributed by atoms with Crippen LogP contribution in [0.2, 0.25) is 0 Å². The summed E-state index contributed by atoms with van der Waals surface area (Å²) in [5.41, 5.74) is 1.99. The molecule has 1 aromatic carbocycles. The lowest BCUT2D eigenvalue weighted by Gasteiger charge is -2.25. The number of amides is 1. The molecular formula is C20H24FN3O2. The Bertz CT molecular complexity index is 862. The molecule has 6 heteroatoms. The Balaban J connectivity index is 1.64. The van der Waals surface area contributed by atoms with Crippen molar-refractivity contribution in [3.8, 4) is 0 Å². The monoisotopic (exact) mass is 357 g/mol. The summed E-state index contributed by atoms with van der Waals surface area (Å²) in [6, 6.07) is 6.65. The van der Waals surface area contributed by atoms with Crippen molar-refractivity contribution < 1.29 is 9.18 Å². The molecule has 1 saturated heterocycles. The minimum absolute atomic E-state index is 0.0447. The molecule has 0 saturated carbocycles. The molecule has 138 valence electrons. The number of hydrogen-bond donors (Lipinski definition) is 1. The number of likely N-dealkylation sites (tertiary alicyclic amines) is 1. The molecule has 2 heterocycles. The van der Waals surface area contributed by atoms with E-state index >= 15 is 0 Å². The number of carbonyl (C=O) groups is 1. The van der Waals surface area contributed by atoms with Crippen LogP contribution in [-0.2, 0) is 17.6 Å². The first-order chi connectivity index (χ1) is 12.4. The predicted molar refractivity (Wildman–Crippen MR) is 97.5 cm³/mol. The maximum absolute atomic E-state index is 13.4. The molecule has 0 bridgehead atoms. The molecule has 1 fully saturated rings. The second kappa shape index (κ2) is 7.81. The molecule has 26 heavy (non-hydrogen) atoms. The number of benzene rings is 1. The molecule has 1 aromatic heterocycles. The molecule has 1 atom stereocenters. The molecule has 1 amide bonds. The molecule has 0 aliphatic carbocycles. The Morgan fingerprint density at radius 1 is 1.38 bits per heavy atom. The lowest BCUT2D eigenvalue weighted by molar-refractivity contribution is -0.131. The number of hydrogen-bond acceptors (Lipinski definition) is 3. The zero-order valence-corrected chi connectivity index (χ0v) is 15.2. The van der Waals surface area contributed by atoms with Crippen molar-refractivity contribution in [2.45, 2.75) is 52.0 Å². The number of aromatic nitrogens is 2. The quantitative estimate of drug-likeness (QED) is 0.895. The second-order valence-electron chi connectivity index (χ2n) is 6.93. The van der Waals surface area contributed by atoms with E-state index in [9.17, 15) is 14.0 Å². The molecule has 1 aliphatic heterocycles. The highest BCUT2D eigenvalue weighted by molar-refractivity contribution is 5.77. The van der Waals surface area contributed by atoms with Crippen molar-refractivity contribution in [1.29, 1.82) is 0 Å².